The molecule has 0 bridgehead atoms. The number of nitrogens with one attached hydrogen (secondary N) is 1. The highest BCUT2D eigenvalue weighted by molar-refractivity contribution is 5.93. The van der Waals surface area contributed by atoms with Crippen LogP contribution in [0.2, 0.25) is 0 Å². The van der Waals surface area contributed by atoms with E-state index < -0.39 is 0 Å². The number of aryl methyl sites for hydroxylation is 2. The van der Waals surface area contributed by atoms with Crippen LogP contribution in [-0.4, -0.2) is 14.8 Å². The number of aromatic nitrogens is 3. The Morgan fingerprint density at radius 3 is 2.91 bits per heavy atom. The van der Waals surface area contributed by atoms with Crippen molar-refractivity contribution in [2.45, 2.75) is 19.9 Å². The van der Waals surface area contributed by atoms with Crippen LogP contribution in [0.3, 0.4) is 0 Å². The molecule has 0 aliphatic carbocycles. The van der Waals surface area contributed by atoms with Gasteiger partial charge in [0.05, 0.1) is 22.5 Å². The summed E-state index contributed by atoms with van der Waals surface area (Å²) in [4.78, 5) is 4.33. The molecule has 0 spiro atoms. The first-order valence-electron chi connectivity index (χ1n) is 7.26. The van der Waals surface area contributed by atoms with E-state index in [1.807, 2.05) is 42.2 Å². The lowest BCUT2D eigenvalue weighted by atomic mass is 10.1. The van der Waals surface area contributed by atoms with Crippen LogP contribution in [-0.2, 0) is 20.0 Å². The summed E-state index contributed by atoms with van der Waals surface area (Å²) >= 11 is 0. The largest absolute Gasteiger partial charge is 0.379 e. The van der Waals surface area contributed by atoms with Gasteiger partial charge in [-0.1, -0.05) is 25.1 Å². The van der Waals surface area contributed by atoms with Crippen LogP contribution < -0.4 is 5.32 Å². The quantitative estimate of drug-likeness (QED) is 0.802. The first kappa shape index (κ1) is 14.1. The van der Waals surface area contributed by atoms with Crippen LogP contribution in [0.15, 0.2) is 36.7 Å². The number of hydrogen-bond donors (Lipinski definition) is 1. The molecule has 0 aliphatic rings. The molecule has 110 valence electrons. The lowest BCUT2D eigenvalue weighted by molar-refractivity contribution is 0.746. The second-order valence-electron chi connectivity index (χ2n) is 5.16. The number of anilines is 1. The Hall–Kier alpha value is -2.87. The smallest absolute Gasteiger partial charge is 0.103 e. The van der Waals surface area contributed by atoms with Gasteiger partial charge in [0, 0.05) is 36.9 Å². The number of nitrogens with zero attached hydrogens (tertiary/aromatic N) is 4. The van der Waals surface area contributed by atoms with E-state index in [4.69, 9.17) is 0 Å². The number of fused-ring (bicyclic) bond motifs is 1. The first-order chi connectivity index (χ1) is 10.7. The third-order valence-corrected chi connectivity index (χ3v) is 3.68. The maximum atomic E-state index is 9.33. The van der Waals surface area contributed by atoms with Crippen molar-refractivity contribution in [3.63, 3.8) is 0 Å². The normalized spacial score (nSPS) is 10.6. The minimum atomic E-state index is 0.556. The van der Waals surface area contributed by atoms with Crippen molar-refractivity contribution in [1.29, 1.82) is 5.26 Å². The van der Waals surface area contributed by atoms with Crippen molar-refractivity contribution < 1.29 is 0 Å². The molecule has 0 saturated carbocycles. The van der Waals surface area contributed by atoms with Gasteiger partial charge < -0.3 is 5.32 Å². The van der Waals surface area contributed by atoms with Crippen molar-refractivity contribution in [2.75, 3.05) is 5.32 Å². The van der Waals surface area contributed by atoms with E-state index in [2.05, 4.69) is 28.4 Å². The van der Waals surface area contributed by atoms with Crippen molar-refractivity contribution in [3.8, 4) is 6.07 Å². The summed E-state index contributed by atoms with van der Waals surface area (Å²) in [5.41, 5.74) is 4.49. The van der Waals surface area contributed by atoms with E-state index in [0.29, 0.717) is 12.1 Å². The van der Waals surface area contributed by atoms with E-state index in [9.17, 15) is 5.26 Å². The van der Waals surface area contributed by atoms with Gasteiger partial charge in [0.2, 0.25) is 0 Å². The van der Waals surface area contributed by atoms with Gasteiger partial charge in [-0.3, -0.25) is 9.67 Å². The summed E-state index contributed by atoms with van der Waals surface area (Å²) in [6, 6.07) is 10.0. The van der Waals surface area contributed by atoms with Crippen molar-refractivity contribution in [3.05, 3.63) is 53.5 Å². The predicted molar refractivity (Wildman–Crippen MR) is 86.4 cm³/mol. The van der Waals surface area contributed by atoms with Crippen molar-refractivity contribution in [2.24, 2.45) is 7.05 Å². The monoisotopic (exact) mass is 291 g/mol. The molecule has 2 aromatic heterocycles. The SMILES string of the molecule is CCc1nn(C)cc1CNc1c(C#N)cnc2ccccc12. The van der Waals surface area contributed by atoms with Crippen LogP contribution >= 0.6 is 0 Å². The molecule has 1 N–H and O–H groups in total. The summed E-state index contributed by atoms with van der Waals surface area (Å²) < 4.78 is 1.83. The lowest BCUT2D eigenvalue weighted by Crippen LogP contribution is -2.04. The van der Waals surface area contributed by atoms with Crippen LogP contribution in [0, 0.1) is 11.3 Å². The standard InChI is InChI=1S/C17H17N5/c1-3-15-13(11-22(2)21-15)10-20-17-12(8-18)9-19-16-7-5-4-6-14(16)17/h4-7,9,11H,3,10H2,1-2H3,(H,19,20). The molecule has 2 heterocycles. The maximum absolute atomic E-state index is 9.33. The highest BCUT2D eigenvalue weighted by atomic mass is 15.3. The fraction of sp³-hybridized carbons (Fsp3) is 0.235. The van der Waals surface area contributed by atoms with Gasteiger partial charge in [-0.15, -0.1) is 0 Å². The highest BCUT2D eigenvalue weighted by Crippen LogP contribution is 2.26. The van der Waals surface area contributed by atoms with E-state index in [1.54, 1.807) is 6.20 Å². The zero-order valence-electron chi connectivity index (χ0n) is 12.7. The number of pyridine rings is 1. The summed E-state index contributed by atoms with van der Waals surface area (Å²) in [5.74, 6) is 0. The van der Waals surface area contributed by atoms with E-state index in [0.717, 1.165) is 34.3 Å². The van der Waals surface area contributed by atoms with Crippen molar-refractivity contribution >= 4 is 16.6 Å². The van der Waals surface area contributed by atoms with E-state index in [1.165, 1.54) is 0 Å². The van der Waals surface area contributed by atoms with Crippen LogP contribution in [0.25, 0.3) is 10.9 Å². The Labute approximate surface area is 129 Å². The molecule has 0 unspecified atom stereocenters. The van der Waals surface area contributed by atoms with Crippen LogP contribution in [0.5, 0.6) is 0 Å². The summed E-state index contributed by atoms with van der Waals surface area (Å²) in [6.07, 6.45) is 4.52. The molecule has 1 aromatic carbocycles. The van der Waals surface area contributed by atoms with E-state index in [-0.39, 0.29) is 0 Å². The van der Waals surface area contributed by atoms with Crippen molar-refractivity contribution in [1.82, 2.24) is 14.8 Å². The topological polar surface area (TPSA) is 66.5 Å². The number of hydrogen-bond acceptors (Lipinski definition) is 4. The van der Waals surface area contributed by atoms with Gasteiger partial charge in [0.1, 0.15) is 6.07 Å². The molecular weight excluding hydrogens is 274 g/mol. The Balaban J connectivity index is 1.98. The minimum absolute atomic E-state index is 0.556. The highest BCUT2D eigenvalue weighted by Gasteiger charge is 2.10. The molecule has 5 heteroatoms. The van der Waals surface area contributed by atoms with Gasteiger partial charge in [0.15, 0.2) is 0 Å². The fourth-order valence-electron chi connectivity index (χ4n) is 2.63. The zero-order valence-corrected chi connectivity index (χ0v) is 12.7. The second-order valence-corrected chi connectivity index (χ2v) is 5.16. The second kappa shape index (κ2) is 5.86. The third-order valence-electron chi connectivity index (χ3n) is 3.68. The average Bonchev–Trinajstić information content (AvgIpc) is 2.92. The summed E-state index contributed by atoms with van der Waals surface area (Å²) in [6.45, 7) is 2.73. The molecule has 22 heavy (non-hydrogen) atoms. The van der Waals surface area contributed by atoms with Gasteiger partial charge in [-0.05, 0) is 12.5 Å². The third kappa shape index (κ3) is 2.51. The Morgan fingerprint density at radius 2 is 2.14 bits per heavy atom. The van der Waals surface area contributed by atoms with Gasteiger partial charge >= 0.3 is 0 Å². The number of para-hydroxylation sites is 1. The number of rotatable bonds is 4. The van der Waals surface area contributed by atoms with E-state index >= 15 is 0 Å². The van der Waals surface area contributed by atoms with Crippen LogP contribution in [0.4, 0.5) is 5.69 Å². The zero-order chi connectivity index (χ0) is 15.5. The van der Waals surface area contributed by atoms with Gasteiger partial charge in [-0.25, -0.2) is 0 Å². The average molecular weight is 291 g/mol. The number of nitriles is 1. The molecule has 3 aromatic rings. The summed E-state index contributed by atoms with van der Waals surface area (Å²) in [5, 5.41) is 18.1. The van der Waals surface area contributed by atoms with Crippen LogP contribution in [0.1, 0.15) is 23.7 Å². The van der Waals surface area contributed by atoms with Gasteiger partial charge in [-0.2, -0.15) is 10.4 Å². The minimum Gasteiger partial charge on any atom is -0.379 e. The maximum Gasteiger partial charge on any atom is 0.103 e. The Morgan fingerprint density at radius 1 is 1.32 bits per heavy atom. The molecule has 3 rings (SSSR count). The number of benzene rings is 1. The molecule has 0 radical (unpaired) electrons. The summed E-state index contributed by atoms with van der Waals surface area (Å²) in [7, 11) is 1.92. The first-order valence-corrected chi connectivity index (χ1v) is 7.26. The molecular formula is C17H17N5. The molecule has 0 amide bonds. The molecule has 0 fully saturated rings. The molecule has 0 saturated heterocycles. The molecule has 0 aliphatic heterocycles. The Bertz CT molecular complexity index is 857. The lowest BCUT2D eigenvalue weighted by Gasteiger charge is -2.11. The predicted octanol–water partition coefficient (Wildman–Crippen LogP) is 3.01. The molecule has 5 nitrogen and oxygen atoms in total. The molecule has 0 atom stereocenters. The fourth-order valence-corrected chi connectivity index (χ4v) is 2.63. The van der Waals surface area contributed by atoms with Gasteiger partial charge in [0.25, 0.3) is 0 Å². The Kier molecular flexibility index (Phi) is 3.75.